The van der Waals surface area contributed by atoms with E-state index in [1.54, 1.807) is 0 Å². The van der Waals surface area contributed by atoms with Gasteiger partial charge >= 0.3 is 6.36 Å². The largest absolute Gasteiger partial charge is 0.573 e. The Hall–Kier alpha value is -2.41. The number of carbonyl (C=O) groups is 1. The van der Waals surface area contributed by atoms with Gasteiger partial charge in [0.1, 0.15) is 34.4 Å². The summed E-state index contributed by atoms with van der Waals surface area (Å²) in [6, 6.07) is 6.35. The fraction of sp³-hybridized carbons (Fsp3) is 0.458. The van der Waals surface area contributed by atoms with Gasteiger partial charge in [0.2, 0.25) is 0 Å². The highest BCUT2D eigenvalue weighted by Gasteiger charge is 2.33. The molecule has 13 heteroatoms. The van der Waals surface area contributed by atoms with Crippen LogP contribution in [0.2, 0.25) is 5.02 Å². The number of hydroxylamine groups is 1. The second-order valence-electron chi connectivity index (χ2n) is 9.07. The molecule has 1 N–H and O–H groups in total. The minimum atomic E-state index is -4.84. The number of nitrogens with zero attached hydrogens (tertiary/aromatic N) is 2. The Balaban J connectivity index is 1.40. The van der Waals surface area contributed by atoms with E-state index in [1.165, 1.54) is 18.2 Å². The van der Waals surface area contributed by atoms with Crippen molar-refractivity contribution in [1.82, 2.24) is 9.37 Å². The minimum absolute atomic E-state index is 0.0116. The molecule has 1 saturated heterocycles. The molecule has 1 amide bonds. The molecule has 1 atom stereocenters. The Morgan fingerprint density at radius 1 is 1.14 bits per heavy atom. The first-order valence-corrected chi connectivity index (χ1v) is 13.4. The van der Waals surface area contributed by atoms with Gasteiger partial charge in [-0.2, -0.15) is 0 Å². The number of hydrogen-bond donors (Lipinski definition) is 1. The van der Waals surface area contributed by atoms with Crippen molar-refractivity contribution in [3.8, 4) is 11.5 Å². The van der Waals surface area contributed by atoms with E-state index in [2.05, 4.69) is 9.64 Å². The van der Waals surface area contributed by atoms with Crippen LogP contribution in [0.4, 0.5) is 17.6 Å². The van der Waals surface area contributed by atoms with E-state index >= 15 is 0 Å². The first kappa shape index (κ1) is 27.6. The van der Waals surface area contributed by atoms with Crippen LogP contribution in [-0.2, 0) is 17.5 Å². The van der Waals surface area contributed by atoms with E-state index in [-0.39, 0.29) is 32.8 Å². The monoisotopic (exact) mass is 564 g/mol. The molecule has 37 heavy (non-hydrogen) atoms. The summed E-state index contributed by atoms with van der Waals surface area (Å²) in [5.74, 6) is -1.95. The van der Waals surface area contributed by atoms with Crippen LogP contribution in [-0.4, -0.2) is 56.5 Å². The molecule has 2 aromatic rings. The van der Waals surface area contributed by atoms with Crippen molar-refractivity contribution in [1.29, 1.82) is 0 Å². The van der Waals surface area contributed by atoms with Gasteiger partial charge in [0, 0.05) is 37.0 Å². The maximum Gasteiger partial charge on any atom is 0.573 e. The lowest BCUT2D eigenvalue weighted by molar-refractivity contribution is -0.274. The van der Waals surface area contributed by atoms with Gasteiger partial charge in [-0.05, 0) is 67.0 Å². The van der Waals surface area contributed by atoms with Crippen LogP contribution in [0.3, 0.4) is 0 Å². The second kappa shape index (κ2) is 11.1. The molecule has 1 heterocycles. The van der Waals surface area contributed by atoms with Gasteiger partial charge in [0.25, 0.3) is 5.91 Å². The van der Waals surface area contributed by atoms with Crippen molar-refractivity contribution in [2.45, 2.75) is 50.6 Å². The van der Waals surface area contributed by atoms with E-state index in [0.717, 1.165) is 42.4 Å². The predicted molar refractivity (Wildman–Crippen MR) is 127 cm³/mol. The van der Waals surface area contributed by atoms with Crippen molar-refractivity contribution in [3.05, 3.63) is 57.9 Å². The zero-order valence-corrected chi connectivity index (χ0v) is 21.3. The highest BCUT2D eigenvalue weighted by Crippen LogP contribution is 2.43. The lowest BCUT2D eigenvalue weighted by atomic mass is 9.97. The molecule has 1 aliphatic heterocycles. The highest BCUT2D eigenvalue weighted by atomic mass is 35.5. The fourth-order valence-corrected chi connectivity index (χ4v) is 4.89. The SMILES string of the molecule is CS(=O)N(O)C(=O)c1cc(C2CC2)c(CN2CCC(Oc3cc(Cl)cc(OC(F)(F)F)c3)CC2)cc1F. The number of hydrogen-bond acceptors (Lipinski definition) is 6. The first-order valence-electron chi connectivity index (χ1n) is 11.5. The number of piperidine rings is 1. The zero-order chi connectivity index (χ0) is 26.9. The van der Waals surface area contributed by atoms with Crippen molar-refractivity contribution >= 4 is 28.5 Å². The average Bonchev–Trinajstić information content (AvgIpc) is 3.63. The third-order valence-corrected chi connectivity index (χ3v) is 7.07. The molecule has 0 aromatic heterocycles. The smallest absolute Gasteiger partial charge is 0.490 e. The first-order chi connectivity index (χ1) is 17.4. The van der Waals surface area contributed by atoms with Crippen LogP contribution >= 0.6 is 11.6 Å². The van der Waals surface area contributed by atoms with Crippen molar-refractivity contribution in [2.75, 3.05) is 19.3 Å². The highest BCUT2D eigenvalue weighted by molar-refractivity contribution is 7.82. The standard InChI is InChI=1S/C24H25ClF4N2O5S/c1-37(34)31(33)23(32)21-12-20(14-2-3-14)15(8-22(21)26)13-30-6-4-17(5-7-30)35-18-9-16(25)10-19(11-18)36-24(27,28)29/h8-12,14,17,33H,2-7,13H2,1H3. The van der Waals surface area contributed by atoms with E-state index < -0.39 is 34.8 Å². The Labute approximate surface area is 218 Å². The summed E-state index contributed by atoms with van der Waals surface area (Å²) >= 11 is 5.91. The number of amides is 1. The summed E-state index contributed by atoms with van der Waals surface area (Å²) in [7, 11) is -2.00. The number of likely N-dealkylation sites (tertiary alicyclic amines) is 1. The molecular formula is C24H25ClF4N2O5S. The van der Waals surface area contributed by atoms with Crippen molar-refractivity contribution < 1.29 is 41.2 Å². The van der Waals surface area contributed by atoms with Gasteiger partial charge in [-0.25, -0.2) is 8.60 Å². The van der Waals surface area contributed by atoms with Crippen LogP contribution in [0.25, 0.3) is 0 Å². The van der Waals surface area contributed by atoms with E-state index in [4.69, 9.17) is 16.3 Å². The molecule has 1 aliphatic carbocycles. The van der Waals surface area contributed by atoms with Crippen LogP contribution in [0.1, 0.15) is 53.1 Å². The Bertz CT molecular complexity index is 1190. The molecular weight excluding hydrogens is 540 g/mol. The Morgan fingerprint density at radius 2 is 1.78 bits per heavy atom. The Kier molecular flexibility index (Phi) is 8.32. The number of ether oxygens (including phenoxy) is 2. The van der Waals surface area contributed by atoms with Gasteiger partial charge in [0.15, 0.2) is 0 Å². The molecule has 0 spiro atoms. The summed E-state index contributed by atoms with van der Waals surface area (Å²) in [5, 5.41) is 9.75. The van der Waals surface area contributed by atoms with Crippen LogP contribution in [0.5, 0.6) is 11.5 Å². The van der Waals surface area contributed by atoms with Gasteiger partial charge in [0.05, 0.1) is 5.56 Å². The number of halogens is 5. The summed E-state index contributed by atoms with van der Waals surface area (Å²) < 4.78 is 73.7. The summed E-state index contributed by atoms with van der Waals surface area (Å²) in [6.45, 7) is 1.64. The molecule has 7 nitrogen and oxygen atoms in total. The molecule has 0 radical (unpaired) electrons. The maximum atomic E-state index is 14.8. The number of benzene rings is 2. The molecule has 2 aliphatic rings. The fourth-order valence-electron chi connectivity index (χ4n) is 4.34. The topological polar surface area (TPSA) is 79.3 Å². The Morgan fingerprint density at radius 3 is 2.38 bits per heavy atom. The number of alkyl halides is 3. The summed E-state index contributed by atoms with van der Waals surface area (Å²) in [6.07, 6.45) is -0.999. The maximum absolute atomic E-state index is 14.8. The van der Waals surface area contributed by atoms with E-state index in [0.29, 0.717) is 32.5 Å². The normalized spacial score (nSPS) is 17.9. The third-order valence-electron chi connectivity index (χ3n) is 6.20. The van der Waals surface area contributed by atoms with E-state index in [1.807, 2.05) is 0 Å². The molecule has 0 bridgehead atoms. The minimum Gasteiger partial charge on any atom is -0.490 e. The number of carbonyl (C=O) groups excluding carboxylic acids is 1. The van der Waals surface area contributed by atoms with Gasteiger partial charge in [-0.1, -0.05) is 11.6 Å². The lowest BCUT2D eigenvalue weighted by Gasteiger charge is -2.32. The van der Waals surface area contributed by atoms with Gasteiger partial charge in [-0.3, -0.25) is 14.9 Å². The lowest BCUT2D eigenvalue weighted by Crippen LogP contribution is -2.38. The van der Waals surface area contributed by atoms with Gasteiger partial charge < -0.3 is 9.47 Å². The van der Waals surface area contributed by atoms with E-state index in [9.17, 15) is 31.8 Å². The van der Waals surface area contributed by atoms with Crippen LogP contribution < -0.4 is 9.47 Å². The number of rotatable bonds is 8. The quantitative estimate of drug-likeness (QED) is 0.262. The average molecular weight is 565 g/mol. The zero-order valence-electron chi connectivity index (χ0n) is 19.8. The molecule has 4 rings (SSSR count). The third kappa shape index (κ3) is 7.34. The summed E-state index contributed by atoms with van der Waals surface area (Å²) in [4.78, 5) is 14.5. The molecule has 1 unspecified atom stereocenters. The van der Waals surface area contributed by atoms with Gasteiger partial charge in [-0.15, -0.1) is 17.6 Å². The molecule has 2 aromatic carbocycles. The second-order valence-corrected chi connectivity index (χ2v) is 10.7. The van der Waals surface area contributed by atoms with Crippen molar-refractivity contribution in [2.24, 2.45) is 0 Å². The van der Waals surface area contributed by atoms with Crippen LogP contribution in [0.15, 0.2) is 30.3 Å². The molecule has 1 saturated carbocycles. The van der Waals surface area contributed by atoms with Crippen molar-refractivity contribution in [3.63, 3.8) is 0 Å². The summed E-state index contributed by atoms with van der Waals surface area (Å²) in [5.41, 5.74) is 1.24. The predicted octanol–water partition coefficient (Wildman–Crippen LogP) is 5.42. The molecule has 202 valence electrons. The van der Waals surface area contributed by atoms with Crippen LogP contribution in [0, 0.1) is 5.82 Å². The molecule has 2 fully saturated rings.